The van der Waals surface area contributed by atoms with E-state index in [2.05, 4.69) is 24.5 Å². The van der Waals surface area contributed by atoms with Crippen molar-refractivity contribution in [3.63, 3.8) is 0 Å². The number of carbonyl (C=O) groups is 5. The number of carbonyl (C=O) groups excluding carboxylic acids is 5. The summed E-state index contributed by atoms with van der Waals surface area (Å²) in [6, 6.07) is 3.53. The zero-order chi connectivity index (χ0) is 47.3. The molecule has 0 aromatic heterocycles. The molecule has 2 atom stereocenters. The van der Waals surface area contributed by atoms with E-state index in [0.717, 1.165) is 30.8 Å². The monoisotopic (exact) mass is 942 g/mol. The van der Waals surface area contributed by atoms with Gasteiger partial charge in [0.2, 0.25) is 17.7 Å². The minimum atomic E-state index is -1.08. The molecule has 376 valence electrons. The normalized spacial score (nSPS) is 15.4. The van der Waals surface area contributed by atoms with Crippen molar-refractivity contribution in [2.24, 2.45) is 5.92 Å². The van der Waals surface area contributed by atoms with Crippen LogP contribution in [0.15, 0.2) is 18.2 Å². The van der Waals surface area contributed by atoms with Gasteiger partial charge in [-0.2, -0.15) is 0 Å². The summed E-state index contributed by atoms with van der Waals surface area (Å²) in [5, 5.41) is 4.91. The maximum Gasteiger partial charge on any atom is 0.264 e. The number of amides is 5. The molecular formula is C46H75N3O17. The molecular weight excluding hydrogens is 867 g/mol. The number of benzene rings is 1. The number of nitrogens with one attached hydrogen (secondary N) is 2. The molecule has 2 heterocycles. The van der Waals surface area contributed by atoms with Crippen LogP contribution in [0, 0.1) is 5.92 Å². The number of hydrogen-bond acceptors (Lipinski definition) is 17. The fraction of sp³-hybridized carbons (Fsp3) is 0.761. The molecule has 1 aromatic rings. The first-order valence-corrected chi connectivity index (χ1v) is 23.4. The first-order valence-electron chi connectivity index (χ1n) is 23.4. The van der Waals surface area contributed by atoms with E-state index in [4.69, 9.17) is 56.8 Å². The Kier molecular flexibility index (Phi) is 32.3. The van der Waals surface area contributed by atoms with Crippen molar-refractivity contribution in [1.29, 1.82) is 0 Å². The van der Waals surface area contributed by atoms with Crippen molar-refractivity contribution >= 4 is 35.2 Å². The van der Waals surface area contributed by atoms with Crippen LogP contribution in [-0.4, -0.2) is 199 Å². The van der Waals surface area contributed by atoms with Gasteiger partial charge in [0.15, 0.2) is 0 Å². The van der Waals surface area contributed by atoms with Crippen LogP contribution in [0.2, 0.25) is 0 Å². The van der Waals surface area contributed by atoms with Gasteiger partial charge in [0, 0.05) is 26.1 Å². The third kappa shape index (κ3) is 25.0. The number of piperidine rings is 1. The van der Waals surface area contributed by atoms with Gasteiger partial charge >= 0.3 is 0 Å². The summed E-state index contributed by atoms with van der Waals surface area (Å²) in [6.07, 6.45) is 3.56. The SMILES string of the molecule is CCC(C)COCCOCCOCCOCCOCCOCCOCCOCCOCCOCCOCCOCCCCCC(=O)Nc1cccc2c1C(=O)N(C1CCC(=O)NC1=O)C2=O. The molecule has 0 radical (unpaired) electrons. The van der Waals surface area contributed by atoms with Gasteiger partial charge in [-0.15, -0.1) is 0 Å². The topological polar surface area (TPSA) is 223 Å². The van der Waals surface area contributed by atoms with Crippen LogP contribution in [-0.2, 0) is 71.2 Å². The van der Waals surface area contributed by atoms with Gasteiger partial charge in [0.1, 0.15) is 6.04 Å². The number of nitrogens with zero attached hydrogens (tertiary/aromatic N) is 1. The van der Waals surface area contributed by atoms with Crippen molar-refractivity contribution in [3.8, 4) is 0 Å². The lowest BCUT2D eigenvalue weighted by Gasteiger charge is -2.27. The van der Waals surface area contributed by atoms with Gasteiger partial charge in [-0.05, 0) is 37.3 Å². The fourth-order valence-electron chi connectivity index (χ4n) is 6.32. The Labute approximate surface area is 389 Å². The fourth-order valence-corrected chi connectivity index (χ4v) is 6.32. The third-order valence-corrected chi connectivity index (χ3v) is 10.1. The summed E-state index contributed by atoms with van der Waals surface area (Å²) in [6.45, 7) is 16.5. The molecule has 20 nitrogen and oxygen atoms in total. The van der Waals surface area contributed by atoms with E-state index >= 15 is 0 Å². The molecule has 5 amide bonds. The predicted molar refractivity (Wildman–Crippen MR) is 239 cm³/mol. The molecule has 1 fully saturated rings. The second-order valence-corrected chi connectivity index (χ2v) is 15.4. The van der Waals surface area contributed by atoms with Gasteiger partial charge in [0.05, 0.1) is 162 Å². The Morgan fingerprint density at radius 3 is 1.44 bits per heavy atom. The van der Waals surface area contributed by atoms with E-state index in [9.17, 15) is 24.0 Å². The minimum absolute atomic E-state index is 0.0269. The summed E-state index contributed by atoms with van der Waals surface area (Å²) in [7, 11) is 0. The third-order valence-electron chi connectivity index (χ3n) is 10.1. The standard InChI is InChI=1S/C46H75N3O17/c1-3-37(2)36-66-35-34-65-33-32-64-31-30-63-29-28-62-27-26-61-25-24-60-23-22-59-21-20-58-19-18-57-17-16-56-15-14-55-13-6-4-5-10-41(50)47-39-9-7-8-38-43(39)46(54)49(45(38)53)40-11-12-42(51)48-44(40)52/h7-9,37,40H,3-6,10-36H2,1-2H3,(H,47,50)(H,48,51,52). The summed E-state index contributed by atoms with van der Waals surface area (Å²) >= 11 is 0. The molecule has 2 aliphatic heterocycles. The van der Waals surface area contributed by atoms with Crippen LogP contribution in [0.4, 0.5) is 5.69 Å². The predicted octanol–water partition coefficient (Wildman–Crippen LogP) is 2.83. The first-order chi connectivity index (χ1) is 32.3. The van der Waals surface area contributed by atoms with E-state index in [1.54, 1.807) is 12.1 Å². The lowest BCUT2D eigenvalue weighted by atomic mass is 10.0. The first kappa shape index (κ1) is 56.8. The molecule has 2 N–H and O–H groups in total. The maximum absolute atomic E-state index is 13.2. The van der Waals surface area contributed by atoms with E-state index in [-0.39, 0.29) is 42.0 Å². The van der Waals surface area contributed by atoms with Crippen molar-refractivity contribution in [3.05, 3.63) is 29.3 Å². The van der Waals surface area contributed by atoms with Crippen LogP contribution in [0.3, 0.4) is 0 Å². The van der Waals surface area contributed by atoms with Crippen molar-refractivity contribution in [2.45, 2.75) is 64.8 Å². The zero-order valence-electron chi connectivity index (χ0n) is 39.2. The van der Waals surface area contributed by atoms with Crippen LogP contribution < -0.4 is 10.6 Å². The summed E-state index contributed by atoms with van der Waals surface area (Å²) in [4.78, 5) is 63.6. The number of ether oxygens (including phenoxy) is 12. The van der Waals surface area contributed by atoms with Crippen LogP contribution in [0.1, 0.15) is 79.5 Å². The molecule has 1 aromatic carbocycles. The largest absolute Gasteiger partial charge is 0.379 e. The molecule has 2 aliphatic rings. The lowest BCUT2D eigenvalue weighted by Crippen LogP contribution is -2.54. The Morgan fingerprint density at radius 2 is 1.02 bits per heavy atom. The van der Waals surface area contributed by atoms with Crippen LogP contribution in [0.5, 0.6) is 0 Å². The number of hydrogen-bond donors (Lipinski definition) is 2. The molecule has 0 bridgehead atoms. The molecule has 0 spiro atoms. The summed E-state index contributed by atoms with van der Waals surface area (Å²) in [5.74, 6) is -2.14. The van der Waals surface area contributed by atoms with E-state index in [1.807, 2.05) is 0 Å². The van der Waals surface area contributed by atoms with Crippen molar-refractivity contribution in [1.82, 2.24) is 10.2 Å². The van der Waals surface area contributed by atoms with E-state index < -0.39 is 29.7 Å². The molecule has 0 saturated carbocycles. The number of unbranched alkanes of at least 4 members (excludes halogenated alkanes) is 2. The average Bonchev–Trinajstić information content (AvgIpc) is 3.56. The Bertz CT molecular complexity index is 1500. The highest BCUT2D eigenvalue weighted by Crippen LogP contribution is 2.32. The molecule has 66 heavy (non-hydrogen) atoms. The average molecular weight is 942 g/mol. The number of imide groups is 2. The lowest BCUT2D eigenvalue weighted by molar-refractivity contribution is -0.136. The van der Waals surface area contributed by atoms with Crippen molar-refractivity contribution in [2.75, 3.05) is 164 Å². The van der Waals surface area contributed by atoms with Gasteiger partial charge < -0.3 is 62.2 Å². The maximum atomic E-state index is 13.2. The molecule has 2 unspecified atom stereocenters. The highest BCUT2D eigenvalue weighted by Gasteiger charge is 2.45. The smallest absolute Gasteiger partial charge is 0.264 e. The Hall–Kier alpha value is -3.51. The van der Waals surface area contributed by atoms with E-state index in [0.29, 0.717) is 164 Å². The minimum Gasteiger partial charge on any atom is -0.379 e. The molecule has 20 heteroatoms. The quantitative estimate of drug-likeness (QED) is 0.0709. The summed E-state index contributed by atoms with van der Waals surface area (Å²) in [5.41, 5.74) is 0.379. The Balaban J connectivity index is 0.967. The van der Waals surface area contributed by atoms with Gasteiger partial charge in [-0.25, -0.2) is 0 Å². The highest BCUT2D eigenvalue weighted by molar-refractivity contribution is 6.26. The second kappa shape index (κ2) is 37.5. The summed E-state index contributed by atoms with van der Waals surface area (Å²) < 4.78 is 66.2. The number of rotatable bonds is 44. The van der Waals surface area contributed by atoms with Gasteiger partial charge in [0.25, 0.3) is 11.8 Å². The Morgan fingerprint density at radius 1 is 0.591 bits per heavy atom. The van der Waals surface area contributed by atoms with Crippen LogP contribution in [0.25, 0.3) is 0 Å². The van der Waals surface area contributed by atoms with Gasteiger partial charge in [-0.1, -0.05) is 32.8 Å². The van der Waals surface area contributed by atoms with Crippen molar-refractivity contribution < 1.29 is 80.8 Å². The number of anilines is 1. The second-order valence-electron chi connectivity index (χ2n) is 15.4. The number of fused-ring (bicyclic) bond motifs is 1. The molecule has 1 saturated heterocycles. The van der Waals surface area contributed by atoms with E-state index in [1.165, 1.54) is 6.07 Å². The molecule has 0 aliphatic carbocycles. The van der Waals surface area contributed by atoms with Crippen LogP contribution >= 0.6 is 0 Å². The zero-order valence-corrected chi connectivity index (χ0v) is 39.2. The highest BCUT2D eigenvalue weighted by atomic mass is 16.6. The molecule has 3 rings (SSSR count). The van der Waals surface area contributed by atoms with Gasteiger partial charge in [-0.3, -0.25) is 34.2 Å².